The fourth-order valence-electron chi connectivity index (χ4n) is 2.30. The molecule has 2 aromatic carbocycles. The lowest BCUT2D eigenvalue weighted by molar-refractivity contribution is -0.274. The van der Waals surface area contributed by atoms with E-state index in [-0.39, 0.29) is 10.9 Å². The molecule has 1 N–H and O–H groups in total. The molecule has 0 bridgehead atoms. The molecule has 3 rings (SSSR count). The van der Waals surface area contributed by atoms with Crippen LogP contribution in [0.25, 0.3) is 10.8 Å². The van der Waals surface area contributed by atoms with Gasteiger partial charge in [0.05, 0.1) is 7.11 Å². The Kier molecular flexibility index (Phi) is 4.59. The number of nitrogens with zero attached hydrogens (tertiary/aromatic N) is 1. The average Bonchev–Trinajstić information content (AvgIpc) is 2.54. The Labute approximate surface area is 146 Å². The Bertz CT molecular complexity index is 899. The van der Waals surface area contributed by atoms with Gasteiger partial charge < -0.3 is 14.8 Å². The predicted octanol–water partition coefficient (Wildman–Crippen LogP) is 5.54. The largest absolute Gasteiger partial charge is 0.573 e. The molecule has 0 radical (unpaired) electrons. The van der Waals surface area contributed by atoms with Gasteiger partial charge in [0.1, 0.15) is 22.5 Å². The third-order valence-corrected chi connectivity index (χ3v) is 3.55. The number of nitrogens with one attached hydrogen (secondary N) is 1. The van der Waals surface area contributed by atoms with Crippen LogP contribution in [0.15, 0.2) is 48.5 Å². The van der Waals surface area contributed by atoms with Gasteiger partial charge in [0.15, 0.2) is 0 Å². The highest BCUT2D eigenvalue weighted by atomic mass is 35.5. The average molecular weight is 369 g/mol. The highest BCUT2D eigenvalue weighted by molar-refractivity contribution is 6.30. The van der Waals surface area contributed by atoms with Crippen molar-refractivity contribution in [3.05, 3.63) is 53.7 Å². The molecular weight excluding hydrogens is 357 g/mol. The number of alkyl halides is 3. The minimum Gasteiger partial charge on any atom is -0.497 e. The third-order valence-electron chi connectivity index (χ3n) is 3.36. The molecule has 4 nitrogen and oxygen atoms in total. The molecule has 25 heavy (non-hydrogen) atoms. The van der Waals surface area contributed by atoms with Crippen LogP contribution in [0, 0.1) is 0 Å². The normalized spacial score (nSPS) is 11.4. The number of hydrogen-bond donors (Lipinski definition) is 1. The van der Waals surface area contributed by atoms with Crippen molar-refractivity contribution in [1.82, 2.24) is 4.98 Å². The van der Waals surface area contributed by atoms with Crippen molar-refractivity contribution in [3.63, 3.8) is 0 Å². The molecule has 0 aliphatic heterocycles. The van der Waals surface area contributed by atoms with Crippen LogP contribution in [0.1, 0.15) is 0 Å². The van der Waals surface area contributed by atoms with Gasteiger partial charge in [0, 0.05) is 11.1 Å². The predicted molar refractivity (Wildman–Crippen MR) is 89.7 cm³/mol. The summed E-state index contributed by atoms with van der Waals surface area (Å²) in [5.41, 5.74) is 0.543. The highest BCUT2D eigenvalue weighted by Crippen LogP contribution is 2.31. The number of ether oxygens (including phenoxy) is 2. The summed E-state index contributed by atoms with van der Waals surface area (Å²) in [6.45, 7) is 0. The van der Waals surface area contributed by atoms with Gasteiger partial charge in [0.2, 0.25) is 0 Å². The fourth-order valence-corrected chi connectivity index (χ4v) is 2.50. The second-order valence-electron chi connectivity index (χ2n) is 5.08. The smallest absolute Gasteiger partial charge is 0.497 e. The molecule has 0 spiro atoms. The number of fused-ring (bicyclic) bond motifs is 1. The molecule has 0 fully saturated rings. The van der Waals surface area contributed by atoms with Crippen molar-refractivity contribution >= 4 is 33.9 Å². The minimum atomic E-state index is -4.72. The molecule has 8 heteroatoms. The van der Waals surface area contributed by atoms with E-state index in [1.54, 1.807) is 19.2 Å². The summed E-state index contributed by atoms with van der Waals surface area (Å²) in [6.07, 6.45) is -4.72. The highest BCUT2D eigenvalue weighted by Gasteiger charge is 2.30. The summed E-state index contributed by atoms with van der Waals surface area (Å²) in [7, 11) is 1.56. The van der Waals surface area contributed by atoms with E-state index in [0.717, 1.165) is 10.8 Å². The summed E-state index contributed by atoms with van der Waals surface area (Å²) < 4.78 is 45.6. The van der Waals surface area contributed by atoms with Crippen LogP contribution in [-0.2, 0) is 0 Å². The Morgan fingerprint density at radius 1 is 1.00 bits per heavy atom. The maximum Gasteiger partial charge on any atom is 0.573 e. The van der Waals surface area contributed by atoms with Gasteiger partial charge in [-0.15, -0.1) is 13.2 Å². The van der Waals surface area contributed by atoms with Crippen molar-refractivity contribution in [2.75, 3.05) is 12.4 Å². The van der Waals surface area contributed by atoms with E-state index in [1.807, 2.05) is 12.1 Å². The zero-order valence-corrected chi connectivity index (χ0v) is 13.7. The van der Waals surface area contributed by atoms with Gasteiger partial charge in [-0.1, -0.05) is 11.6 Å². The van der Waals surface area contributed by atoms with Gasteiger partial charge in [-0.25, -0.2) is 4.98 Å². The van der Waals surface area contributed by atoms with Gasteiger partial charge in [-0.2, -0.15) is 0 Å². The summed E-state index contributed by atoms with van der Waals surface area (Å²) in [6, 6.07) is 12.5. The fraction of sp³-hybridized carbons (Fsp3) is 0.118. The third kappa shape index (κ3) is 4.24. The molecule has 0 aliphatic carbocycles. The van der Waals surface area contributed by atoms with E-state index in [4.69, 9.17) is 16.3 Å². The Hall–Kier alpha value is -2.67. The van der Waals surface area contributed by atoms with Crippen LogP contribution in [0.3, 0.4) is 0 Å². The van der Waals surface area contributed by atoms with Crippen LogP contribution in [0.2, 0.25) is 5.15 Å². The first-order valence-corrected chi connectivity index (χ1v) is 7.49. The van der Waals surface area contributed by atoms with Crippen LogP contribution in [0.4, 0.5) is 24.7 Å². The molecule has 0 amide bonds. The molecule has 1 aromatic heterocycles. The summed E-state index contributed by atoms with van der Waals surface area (Å²) in [4.78, 5) is 4.24. The maximum atomic E-state index is 12.2. The van der Waals surface area contributed by atoms with Gasteiger partial charge in [-0.3, -0.25) is 0 Å². The zero-order chi connectivity index (χ0) is 18.0. The lowest BCUT2D eigenvalue weighted by Gasteiger charge is -2.12. The van der Waals surface area contributed by atoms with Gasteiger partial charge >= 0.3 is 6.36 Å². The van der Waals surface area contributed by atoms with E-state index in [2.05, 4.69) is 15.0 Å². The van der Waals surface area contributed by atoms with Gasteiger partial charge in [-0.05, 0) is 53.9 Å². The molecule has 0 atom stereocenters. The molecule has 0 saturated heterocycles. The topological polar surface area (TPSA) is 43.4 Å². The van der Waals surface area contributed by atoms with Crippen LogP contribution in [0.5, 0.6) is 11.5 Å². The Balaban J connectivity index is 1.90. The lowest BCUT2D eigenvalue weighted by atomic mass is 10.1. The van der Waals surface area contributed by atoms with Crippen molar-refractivity contribution in [2.24, 2.45) is 0 Å². The van der Waals surface area contributed by atoms with Crippen molar-refractivity contribution in [1.29, 1.82) is 0 Å². The minimum absolute atomic E-state index is 0.278. The van der Waals surface area contributed by atoms with E-state index < -0.39 is 6.36 Å². The van der Waals surface area contributed by atoms with E-state index in [1.165, 1.54) is 24.3 Å². The quantitative estimate of drug-likeness (QED) is 0.614. The second kappa shape index (κ2) is 6.68. The summed E-state index contributed by atoms with van der Waals surface area (Å²) in [5, 5.41) is 4.93. The number of hydrogen-bond acceptors (Lipinski definition) is 4. The molecule has 0 saturated carbocycles. The first-order valence-electron chi connectivity index (χ1n) is 7.11. The van der Waals surface area contributed by atoms with Crippen molar-refractivity contribution in [3.8, 4) is 11.5 Å². The first kappa shape index (κ1) is 17.2. The summed E-state index contributed by atoms with van der Waals surface area (Å²) in [5.74, 6) is 0.857. The number of methoxy groups -OCH3 is 1. The standard InChI is InChI=1S/C17H12ClF3N2O2/c1-24-13-6-7-14-10(8-13)9-15(18)23-16(14)22-11-2-4-12(5-3-11)25-17(19,20)21/h2-9H,1H3,(H,22,23). The van der Waals surface area contributed by atoms with E-state index >= 15 is 0 Å². The van der Waals surface area contributed by atoms with Crippen molar-refractivity contribution in [2.45, 2.75) is 6.36 Å². The SMILES string of the molecule is COc1ccc2c(Nc3ccc(OC(F)(F)F)cc3)nc(Cl)cc2c1. The molecule has 0 unspecified atom stereocenters. The van der Waals surface area contributed by atoms with Gasteiger partial charge in [0.25, 0.3) is 0 Å². The van der Waals surface area contributed by atoms with Crippen molar-refractivity contribution < 1.29 is 22.6 Å². The Morgan fingerprint density at radius 3 is 2.32 bits per heavy atom. The monoisotopic (exact) mass is 368 g/mol. The zero-order valence-electron chi connectivity index (χ0n) is 12.9. The number of rotatable bonds is 4. The molecule has 130 valence electrons. The molecule has 0 aliphatic rings. The number of benzene rings is 2. The van der Waals surface area contributed by atoms with E-state index in [0.29, 0.717) is 17.3 Å². The number of aromatic nitrogens is 1. The molecule has 1 heterocycles. The van der Waals surface area contributed by atoms with E-state index in [9.17, 15) is 13.2 Å². The summed E-state index contributed by atoms with van der Waals surface area (Å²) >= 11 is 6.05. The number of halogens is 4. The second-order valence-corrected chi connectivity index (χ2v) is 5.47. The van der Waals surface area contributed by atoms with Crippen LogP contribution < -0.4 is 14.8 Å². The lowest BCUT2D eigenvalue weighted by Crippen LogP contribution is -2.16. The first-order chi connectivity index (χ1) is 11.8. The number of anilines is 2. The molecule has 3 aromatic rings. The Morgan fingerprint density at radius 2 is 1.68 bits per heavy atom. The maximum absolute atomic E-state index is 12.2. The number of pyridine rings is 1. The molecular formula is C17H12ClF3N2O2. The van der Waals surface area contributed by atoms with Crippen LogP contribution in [-0.4, -0.2) is 18.5 Å². The van der Waals surface area contributed by atoms with Crippen LogP contribution >= 0.6 is 11.6 Å².